The highest BCUT2D eigenvalue weighted by Crippen LogP contribution is 2.28. The van der Waals surface area contributed by atoms with E-state index in [1.165, 1.54) is 18.4 Å². The molecular formula is C13H20. The Morgan fingerprint density at radius 2 is 2.23 bits per heavy atom. The van der Waals surface area contributed by atoms with Crippen LogP contribution in [0.3, 0.4) is 0 Å². The molecule has 0 nitrogen and oxygen atoms in total. The van der Waals surface area contributed by atoms with E-state index in [2.05, 4.69) is 45.1 Å². The third-order valence-corrected chi connectivity index (χ3v) is 2.71. The van der Waals surface area contributed by atoms with Crippen LogP contribution in [0.2, 0.25) is 0 Å². The Balaban J connectivity index is 2.83. The summed E-state index contributed by atoms with van der Waals surface area (Å²) in [6.45, 7) is 6.68. The maximum absolute atomic E-state index is 2.31. The molecule has 0 saturated carbocycles. The van der Waals surface area contributed by atoms with Crippen LogP contribution in [0.15, 0.2) is 35.5 Å². The van der Waals surface area contributed by atoms with Crippen molar-refractivity contribution in [3.63, 3.8) is 0 Å². The summed E-state index contributed by atoms with van der Waals surface area (Å²) in [5, 5.41) is 0. The van der Waals surface area contributed by atoms with Crippen molar-refractivity contribution in [3.05, 3.63) is 35.5 Å². The molecule has 0 fully saturated rings. The Labute approximate surface area is 82.0 Å². The van der Waals surface area contributed by atoms with E-state index in [1.54, 1.807) is 5.57 Å². The lowest BCUT2D eigenvalue weighted by molar-refractivity contribution is 0.602. The SMILES string of the molecule is CC/C=C\C1=C(C)C=CCC1CC. The molecule has 0 aromatic carbocycles. The Kier molecular flexibility index (Phi) is 4.01. The third kappa shape index (κ3) is 2.58. The van der Waals surface area contributed by atoms with Gasteiger partial charge in [0.05, 0.1) is 0 Å². The van der Waals surface area contributed by atoms with Gasteiger partial charge in [-0.05, 0) is 43.3 Å². The van der Waals surface area contributed by atoms with Gasteiger partial charge in [-0.1, -0.05) is 38.2 Å². The highest BCUT2D eigenvalue weighted by atomic mass is 14.2. The highest BCUT2D eigenvalue weighted by molar-refractivity contribution is 5.36. The van der Waals surface area contributed by atoms with Gasteiger partial charge in [0.15, 0.2) is 0 Å². The minimum absolute atomic E-state index is 0.757. The summed E-state index contributed by atoms with van der Waals surface area (Å²) in [4.78, 5) is 0. The Hall–Kier alpha value is -0.780. The summed E-state index contributed by atoms with van der Waals surface area (Å²) >= 11 is 0. The van der Waals surface area contributed by atoms with Crippen LogP contribution in [0.1, 0.15) is 40.0 Å². The molecule has 0 heterocycles. The zero-order valence-electron chi connectivity index (χ0n) is 9.01. The number of hydrogen-bond acceptors (Lipinski definition) is 0. The van der Waals surface area contributed by atoms with Crippen molar-refractivity contribution < 1.29 is 0 Å². The molecule has 1 atom stereocenters. The van der Waals surface area contributed by atoms with Gasteiger partial charge in [0, 0.05) is 0 Å². The van der Waals surface area contributed by atoms with E-state index in [-0.39, 0.29) is 0 Å². The second-order valence-corrected chi connectivity index (χ2v) is 3.69. The lowest BCUT2D eigenvalue weighted by atomic mass is 9.85. The molecule has 1 unspecified atom stereocenters. The molecule has 1 rings (SSSR count). The van der Waals surface area contributed by atoms with E-state index in [9.17, 15) is 0 Å². The first-order valence-electron chi connectivity index (χ1n) is 5.33. The van der Waals surface area contributed by atoms with E-state index in [0.29, 0.717) is 0 Å². The van der Waals surface area contributed by atoms with Crippen LogP contribution >= 0.6 is 0 Å². The van der Waals surface area contributed by atoms with Crippen LogP contribution in [-0.4, -0.2) is 0 Å². The van der Waals surface area contributed by atoms with E-state index in [4.69, 9.17) is 0 Å². The quantitative estimate of drug-likeness (QED) is 0.603. The van der Waals surface area contributed by atoms with Crippen molar-refractivity contribution in [2.45, 2.75) is 40.0 Å². The molecule has 0 N–H and O–H groups in total. The van der Waals surface area contributed by atoms with Crippen LogP contribution in [0, 0.1) is 5.92 Å². The molecule has 1 aliphatic carbocycles. The molecule has 0 radical (unpaired) electrons. The average molecular weight is 176 g/mol. The van der Waals surface area contributed by atoms with Gasteiger partial charge in [-0.15, -0.1) is 0 Å². The summed E-state index contributed by atoms with van der Waals surface area (Å²) in [6, 6.07) is 0. The van der Waals surface area contributed by atoms with Gasteiger partial charge in [-0.3, -0.25) is 0 Å². The first-order valence-corrected chi connectivity index (χ1v) is 5.33. The Bertz CT molecular complexity index is 241. The predicted octanol–water partition coefficient (Wildman–Crippen LogP) is 4.26. The normalized spacial score (nSPS) is 23.2. The van der Waals surface area contributed by atoms with Crippen molar-refractivity contribution in [1.82, 2.24) is 0 Å². The van der Waals surface area contributed by atoms with Crippen molar-refractivity contribution in [1.29, 1.82) is 0 Å². The van der Waals surface area contributed by atoms with Crippen molar-refractivity contribution >= 4 is 0 Å². The summed E-state index contributed by atoms with van der Waals surface area (Å²) in [5.74, 6) is 0.757. The largest absolute Gasteiger partial charge is 0.0845 e. The maximum atomic E-state index is 2.31. The van der Waals surface area contributed by atoms with E-state index >= 15 is 0 Å². The van der Waals surface area contributed by atoms with Gasteiger partial charge in [0.25, 0.3) is 0 Å². The molecule has 0 saturated heterocycles. The molecular weight excluding hydrogens is 156 g/mol. The van der Waals surface area contributed by atoms with Crippen LogP contribution < -0.4 is 0 Å². The molecule has 0 heteroatoms. The number of rotatable bonds is 3. The van der Waals surface area contributed by atoms with Gasteiger partial charge < -0.3 is 0 Å². The fourth-order valence-electron chi connectivity index (χ4n) is 1.85. The van der Waals surface area contributed by atoms with Crippen LogP contribution in [0.4, 0.5) is 0 Å². The second-order valence-electron chi connectivity index (χ2n) is 3.69. The standard InChI is InChI=1S/C13H20/c1-4-6-10-13-11(3)8-7-9-12(13)5-2/h6-8,10,12H,4-5,9H2,1-3H3/b10-6-. The number of hydrogen-bond donors (Lipinski definition) is 0. The molecule has 0 spiro atoms. The second kappa shape index (κ2) is 5.06. The number of allylic oxidation sites excluding steroid dienone is 6. The molecule has 0 aromatic rings. The van der Waals surface area contributed by atoms with Gasteiger partial charge in [-0.2, -0.15) is 0 Å². The Morgan fingerprint density at radius 3 is 2.85 bits per heavy atom. The minimum atomic E-state index is 0.757. The first-order chi connectivity index (χ1) is 6.29. The van der Waals surface area contributed by atoms with Gasteiger partial charge in [-0.25, -0.2) is 0 Å². The van der Waals surface area contributed by atoms with Gasteiger partial charge >= 0.3 is 0 Å². The molecule has 1 aliphatic rings. The smallest absolute Gasteiger partial charge is 0.0127 e. The fraction of sp³-hybridized carbons (Fsp3) is 0.538. The molecule has 0 bridgehead atoms. The Morgan fingerprint density at radius 1 is 1.46 bits per heavy atom. The van der Waals surface area contributed by atoms with Crippen LogP contribution in [0.25, 0.3) is 0 Å². The van der Waals surface area contributed by atoms with E-state index < -0.39 is 0 Å². The van der Waals surface area contributed by atoms with E-state index in [1.807, 2.05) is 0 Å². The van der Waals surface area contributed by atoms with Crippen LogP contribution in [0.5, 0.6) is 0 Å². The summed E-state index contributed by atoms with van der Waals surface area (Å²) in [5.41, 5.74) is 3.00. The summed E-state index contributed by atoms with van der Waals surface area (Å²) in [6.07, 6.45) is 12.7. The zero-order chi connectivity index (χ0) is 9.68. The fourth-order valence-corrected chi connectivity index (χ4v) is 1.85. The van der Waals surface area contributed by atoms with Crippen molar-refractivity contribution in [2.75, 3.05) is 0 Å². The summed E-state index contributed by atoms with van der Waals surface area (Å²) < 4.78 is 0. The van der Waals surface area contributed by atoms with E-state index in [0.717, 1.165) is 12.3 Å². The molecule has 72 valence electrons. The predicted molar refractivity (Wildman–Crippen MR) is 59.7 cm³/mol. The molecule has 0 aromatic heterocycles. The summed E-state index contributed by atoms with van der Waals surface area (Å²) in [7, 11) is 0. The monoisotopic (exact) mass is 176 g/mol. The maximum Gasteiger partial charge on any atom is -0.0127 e. The lowest BCUT2D eigenvalue weighted by Gasteiger charge is -2.20. The molecule has 13 heavy (non-hydrogen) atoms. The third-order valence-electron chi connectivity index (χ3n) is 2.71. The lowest BCUT2D eigenvalue weighted by Crippen LogP contribution is -2.05. The molecule has 0 amide bonds. The zero-order valence-corrected chi connectivity index (χ0v) is 9.01. The van der Waals surface area contributed by atoms with Gasteiger partial charge in [0.2, 0.25) is 0 Å². The average Bonchev–Trinajstić information content (AvgIpc) is 2.15. The van der Waals surface area contributed by atoms with Crippen molar-refractivity contribution in [2.24, 2.45) is 5.92 Å². The topological polar surface area (TPSA) is 0 Å². The van der Waals surface area contributed by atoms with Crippen molar-refractivity contribution in [3.8, 4) is 0 Å². The highest BCUT2D eigenvalue weighted by Gasteiger charge is 2.13. The minimum Gasteiger partial charge on any atom is -0.0845 e. The van der Waals surface area contributed by atoms with Gasteiger partial charge in [0.1, 0.15) is 0 Å². The molecule has 0 aliphatic heterocycles. The first kappa shape index (κ1) is 10.3. The van der Waals surface area contributed by atoms with Crippen LogP contribution in [-0.2, 0) is 0 Å².